The van der Waals surface area contributed by atoms with Gasteiger partial charge < -0.3 is 18.7 Å². The topological polar surface area (TPSA) is 94.5 Å². The first-order valence-electron chi connectivity index (χ1n) is 8.68. The third kappa shape index (κ3) is 2.84. The second-order valence-corrected chi connectivity index (χ2v) is 7.00. The fourth-order valence-corrected chi connectivity index (χ4v) is 3.86. The number of piperidine rings is 1. The second kappa shape index (κ2) is 5.94. The van der Waals surface area contributed by atoms with E-state index in [4.69, 9.17) is 13.8 Å². The molecule has 4 heterocycles. The van der Waals surface area contributed by atoms with Crippen LogP contribution in [-0.2, 0) is 4.74 Å². The summed E-state index contributed by atoms with van der Waals surface area (Å²) < 4.78 is 16.7. The number of hydrogen-bond donors (Lipinski definition) is 0. The number of nitrogens with zero attached hydrogens (tertiary/aromatic N) is 4. The third-order valence-electron chi connectivity index (χ3n) is 5.28. The summed E-state index contributed by atoms with van der Waals surface area (Å²) in [5.41, 5.74) is 1.04. The molecule has 2 aromatic rings. The Bertz CT molecular complexity index is 769. The van der Waals surface area contributed by atoms with Crippen molar-refractivity contribution in [1.29, 1.82) is 0 Å². The van der Waals surface area contributed by atoms with Crippen LogP contribution in [0.4, 0.5) is 0 Å². The predicted octanol–water partition coefficient (Wildman–Crippen LogP) is 2.51. The van der Waals surface area contributed by atoms with Crippen LogP contribution in [0.3, 0.4) is 0 Å². The summed E-state index contributed by atoms with van der Waals surface area (Å²) >= 11 is 0. The third-order valence-corrected chi connectivity index (χ3v) is 5.28. The molecule has 0 aliphatic carbocycles. The molecule has 4 rings (SSSR count). The van der Waals surface area contributed by atoms with Gasteiger partial charge in [0, 0.05) is 13.1 Å². The van der Waals surface area contributed by atoms with Gasteiger partial charge in [0.05, 0.1) is 11.3 Å². The number of hydrogen-bond acceptors (Lipinski definition) is 7. The molecule has 1 atom stereocenters. The molecule has 1 amide bonds. The number of rotatable bonds is 2. The molecule has 0 aromatic carbocycles. The normalized spacial score (nSPS) is 22.7. The zero-order valence-electron chi connectivity index (χ0n) is 14.7. The largest absolute Gasteiger partial charge is 0.362 e. The maximum Gasteiger partial charge on any atom is 0.259 e. The van der Waals surface area contributed by atoms with Crippen LogP contribution in [0.5, 0.6) is 0 Å². The molecule has 8 heteroatoms. The monoisotopic (exact) mass is 346 g/mol. The molecule has 0 N–H and O–H groups in total. The first-order valence-corrected chi connectivity index (χ1v) is 8.68. The van der Waals surface area contributed by atoms with Crippen molar-refractivity contribution in [3.05, 3.63) is 28.7 Å². The van der Waals surface area contributed by atoms with E-state index >= 15 is 0 Å². The minimum atomic E-state index is -0.192. The summed E-state index contributed by atoms with van der Waals surface area (Å²) in [6, 6.07) is 0. The van der Waals surface area contributed by atoms with E-state index in [9.17, 15) is 4.79 Å². The first kappa shape index (κ1) is 16.3. The van der Waals surface area contributed by atoms with Crippen molar-refractivity contribution in [2.24, 2.45) is 0 Å². The summed E-state index contributed by atoms with van der Waals surface area (Å²) in [5, 5.41) is 7.72. The molecule has 0 unspecified atom stereocenters. The molecule has 0 bridgehead atoms. The molecule has 2 aliphatic heterocycles. The van der Waals surface area contributed by atoms with Crippen LogP contribution < -0.4 is 0 Å². The summed E-state index contributed by atoms with van der Waals surface area (Å²) in [5.74, 6) is 1.75. The molecule has 1 spiro atoms. The molecule has 25 heavy (non-hydrogen) atoms. The van der Waals surface area contributed by atoms with E-state index in [0.717, 1.165) is 25.7 Å². The van der Waals surface area contributed by atoms with E-state index in [1.165, 1.54) is 0 Å². The maximum atomic E-state index is 12.7. The van der Waals surface area contributed by atoms with Crippen molar-refractivity contribution in [2.45, 2.75) is 58.2 Å². The highest BCUT2D eigenvalue weighted by Gasteiger charge is 2.45. The average molecular weight is 346 g/mol. The lowest BCUT2D eigenvalue weighted by Crippen LogP contribution is -2.46. The van der Waals surface area contributed by atoms with Gasteiger partial charge in [-0.3, -0.25) is 4.79 Å². The Kier molecular flexibility index (Phi) is 3.87. The van der Waals surface area contributed by atoms with Crippen LogP contribution >= 0.6 is 0 Å². The van der Waals surface area contributed by atoms with E-state index in [2.05, 4.69) is 15.3 Å². The van der Waals surface area contributed by atoms with Gasteiger partial charge in [0.25, 0.3) is 11.8 Å². The predicted molar refractivity (Wildman–Crippen MR) is 85.9 cm³/mol. The highest BCUT2D eigenvalue weighted by atomic mass is 16.5. The summed E-state index contributed by atoms with van der Waals surface area (Å²) in [7, 11) is 0. The van der Waals surface area contributed by atoms with Crippen molar-refractivity contribution in [1.82, 2.24) is 20.2 Å². The van der Waals surface area contributed by atoms with E-state index in [1.54, 1.807) is 20.8 Å². The number of likely N-dealkylation sites (tertiary alicyclic amines) is 1. The molecule has 2 aromatic heterocycles. The SMILES string of the molecule is Cc1noc([C@H]2CCC3(CCN(C(=O)c4c(C)noc4C)CC3)O2)n1. The Labute approximate surface area is 145 Å². The Morgan fingerprint density at radius 3 is 2.48 bits per heavy atom. The highest BCUT2D eigenvalue weighted by molar-refractivity contribution is 5.96. The maximum absolute atomic E-state index is 12.7. The number of ether oxygens (including phenoxy) is 1. The van der Waals surface area contributed by atoms with Gasteiger partial charge in [-0.1, -0.05) is 10.3 Å². The van der Waals surface area contributed by atoms with Crippen LogP contribution in [0.15, 0.2) is 9.05 Å². The number of carbonyl (C=O) groups excluding carboxylic acids is 1. The Morgan fingerprint density at radius 2 is 1.88 bits per heavy atom. The van der Waals surface area contributed by atoms with Crippen molar-refractivity contribution in [2.75, 3.05) is 13.1 Å². The van der Waals surface area contributed by atoms with Crippen LogP contribution in [0, 0.1) is 20.8 Å². The van der Waals surface area contributed by atoms with Gasteiger partial charge in [-0.2, -0.15) is 4.98 Å². The van der Waals surface area contributed by atoms with Gasteiger partial charge in [-0.25, -0.2) is 0 Å². The van der Waals surface area contributed by atoms with E-state index < -0.39 is 0 Å². The Morgan fingerprint density at radius 1 is 1.12 bits per heavy atom. The van der Waals surface area contributed by atoms with Crippen molar-refractivity contribution < 1.29 is 18.6 Å². The second-order valence-electron chi connectivity index (χ2n) is 7.00. The molecule has 2 fully saturated rings. The van der Waals surface area contributed by atoms with Gasteiger partial charge in [0.1, 0.15) is 17.4 Å². The van der Waals surface area contributed by atoms with Crippen LogP contribution in [-0.4, -0.2) is 44.8 Å². The van der Waals surface area contributed by atoms with Gasteiger partial charge in [-0.05, 0) is 46.5 Å². The van der Waals surface area contributed by atoms with Crippen molar-refractivity contribution >= 4 is 5.91 Å². The van der Waals surface area contributed by atoms with Crippen LogP contribution in [0.2, 0.25) is 0 Å². The molecule has 8 nitrogen and oxygen atoms in total. The Hall–Kier alpha value is -2.22. The highest BCUT2D eigenvalue weighted by Crippen LogP contribution is 2.44. The van der Waals surface area contributed by atoms with E-state index in [0.29, 0.717) is 41.8 Å². The smallest absolute Gasteiger partial charge is 0.259 e. The average Bonchev–Trinajstić information content (AvgIpc) is 3.28. The van der Waals surface area contributed by atoms with Gasteiger partial charge in [0.2, 0.25) is 0 Å². The first-order chi connectivity index (χ1) is 12.0. The zero-order chi connectivity index (χ0) is 17.6. The van der Waals surface area contributed by atoms with E-state index in [1.807, 2.05) is 4.90 Å². The quantitative estimate of drug-likeness (QED) is 0.824. The van der Waals surface area contributed by atoms with Gasteiger partial charge in [-0.15, -0.1) is 0 Å². The number of carbonyl (C=O) groups is 1. The number of amides is 1. The number of aryl methyl sites for hydroxylation is 3. The molecule has 0 radical (unpaired) electrons. The number of aromatic nitrogens is 3. The van der Waals surface area contributed by atoms with Crippen LogP contribution in [0.25, 0.3) is 0 Å². The van der Waals surface area contributed by atoms with Crippen LogP contribution in [0.1, 0.15) is 65.3 Å². The van der Waals surface area contributed by atoms with Crippen molar-refractivity contribution in [3.63, 3.8) is 0 Å². The summed E-state index contributed by atoms with van der Waals surface area (Å²) in [6.07, 6.45) is 3.31. The molecule has 0 saturated carbocycles. The minimum Gasteiger partial charge on any atom is -0.362 e. The van der Waals surface area contributed by atoms with Gasteiger partial charge >= 0.3 is 0 Å². The lowest BCUT2D eigenvalue weighted by Gasteiger charge is -2.38. The minimum absolute atomic E-state index is 0.00632. The fraction of sp³-hybridized carbons (Fsp3) is 0.647. The molecular formula is C17H22N4O4. The summed E-state index contributed by atoms with van der Waals surface area (Å²) in [4.78, 5) is 18.9. The molecule has 134 valence electrons. The standard InChI is InChI=1S/C17H22N4O4/c1-10-14(11(2)24-19-10)16(22)21-8-6-17(7-9-21)5-4-13(23-17)15-18-12(3)20-25-15/h13H,4-9H2,1-3H3/t13-/m1/s1. The van der Waals surface area contributed by atoms with Crippen molar-refractivity contribution in [3.8, 4) is 0 Å². The van der Waals surface area contributed by atoms with E-state index in [-0.39, 0.29) is 17.6 Å². The molecule has 2 saturated heterocycles. The lowest BCUT2D eigenvalue weighted by atomic mass is 9.88. The lowest BCUT2D eigenvalue weighted by molar-refractivity contribution is -0.0820. The fourth-order valence-electron chi connectivity index (χ4n) is 3.86. The Balaban J connectivity index is 1.41. The molecular weight excluding hydrogens is 324 g/mol. The van der Waals surface area contributed by atoms with Gasteiger partial charge in [0.15, 0.2) is 5.82 Å². The molecule has 2 aliphatic rings. The zero-order valence-corrected chi connectivity index (χ0v) is 14.7. The summed E-state index contributed by atoms with van der Waals surface area (Å²) in [6.45, 7) is 6.70.